The topological polar surface area (TPSA) is 3.24 Å². The Balaban J connectivity index is 0.00000484. The zero-order valence-corrected chi connectivity index (χ0v) is 16.2. The molecule has 1 nitrogen and oxygen atoms in total. The molecule has 0 bridgehead atoms. The maximum absolute atomic E-state index is 4.04. The molecule has 0 fully saturated rings. The van der Waals surface area contributed by atoms with Crippen molar-refractivity contribution in [1.82, 2.24) is 4.90 Å². The van der Waals surface area contributed by atoms with Gasteiger partial charge in [-0.15, -0.1) is 12.4 Å². The standard InChI is InChI=1S/C21H29N.ClH/c1-17(2)20-14-18(3)13-19(15-20)16-22(7)12-10-8-9-11-21(4,5)6;/h8,10,13-15H,1,12,16H2,2-7H3;1H. The van der Waals surface area contributed by atoms with Crippen molar-refractivity contribution in [1.29, 1.82) is 0 Å². The number of likely N-dealkylation sites (N-methyl/N-ethyl adjacent to an activating group) is 1. The van der Waals surface area contributed by atoms with Crippen molar-refractivity contribution in [2.45, 2.75) is 41.2 Å². The van der Waals surface area contributed by atoms with Gasteiger partial charge >= 0.3 is 0 Å². The van der Waals surface area contributed by atoms with Crippen molar-refractivity contribution in [2.24, 2.45) is 5.41 Å². The first-order valence-electron chi connectivity index (χ1n) is 7.80. The fourth-order valence-electron chi connectivity index (χ4n) is 2.13. The summed E-state index contributed by atoms with van der Waals surface area (Å²) in [5.41, 5.74) is 5.03. The summed E-state index contributed by atoms with van der Waals surface area (Å²) < 4.78 is 0. The van der Waals surface area contributed by atoms with Gasteiger partial charge in [-0.2, -0.15) is 0 Å². The molecule has 23 heavy (non-hydrogen) atoms. The van der Waals surface area contributed by atoms with E-state index in [2.05, 4.69) is 89.3 Å². The van der Waals surface area contributed by atoms with Gasteiger partial charge in [0.2, 0.25) is 0 Å². The van der Waals surface area contributed by atoms with Crippen LogP contribution in [0.15, 0.2) is 36.9 Å². The van der Waals surface area contributed by atoms with E-state index >= 15 is 0 Å². The quantitative estimate of drug-likeness (QED) is 0.645. The van der Waals surface area contributed by atoms with Gasteiger partial charge in [-0.25, -0.2) is 0 Å². The van der Waals surface area contributed by atoms with Gasteiger partial charge in [0.1, 0.15) is 0 Å². The van der Waals surface area contributed by atoms with Crippen molar-refractivity contribution in [3.05, 3.63) is 53.6 Å². The highest BCUT2D eigenvalue weighted by atomic mass is 35.5. The molecule has 1 rings (SSSR count). The Kier molecular flexibility index (Phi) is 8.98. The number of nitrogens with zero attached hydrogens (tertiary/aromatic N) is 1. The second-order valence-electron chi connectivity index (χ2n) is 7.11. The molecule has 0 N–H and O–H groups in total. The molecule has 126 valence electrons. The Morgan fingerprint density at radius 3 is 2.48 bits per heavy atom. The number of rotatable bonds is 5. The van der Waals surface area contributed by atoms with Crippen LogP contribution < -0.4 is 0 Å². The highest BCUT2D eigenvalue weighted by Crippen LogP contribution is 2.17. The number of hydrogen-bond donors (Lipinski definition) is 0. The molecule has 1 aromatic carbocycles. The number of hydrogen-bond acceptors (Lipinski definition) is 1. The van der Waals surface area contributed by atoms with Crippen LogP contribution in [0.4, 0.5) is 0 Å². The van der Waals surface area contributed by atoms with Crippen LogP contribution in [-0.4, -0.2) is 18.5 Å². The van der Waals surface area contributed by atoms with E-state index in [9.17, 15) is 0 Å². The van der Waals surface area contributed by atoms with Crippen molar-refractivity contribution >= 4 is 18.0 Å². The highest BCUT2D eigenvalue weighted by Gasteiger charge is 2.03. The fraction of sp³-hybridized carbons (Fsp3) is 0.429. The van der Waals surface area contributed by atoms with Crippen LogP contribution >= 0.6 is 12.4 Å². The minimum Gasteiger partial charge on any atom is -0.298 e. The van der Waals surface area contributed by atoms with Crippen LogP contribution in [-0.2, 0) is 6.54 Å². The number of benzene rings is 1. The van der Waals surface area contributed by atoms with E-state index in [0.717, 1.165) is 18.7 Å². The van der Waals surface area contributed by atoms with E-state index in [0.29, 0.717) is 0 Å². The molecule has 2 heteroatoms. The van der Waals surface area contributed by atoms with E-state index in [1.165, 1.54) is 16.7 Å². The highest BCUT2D eigenvalue weighted by molar-refractivity contribution is 5.85. The first-order valence-corrected chi connectivity index (χ1v) is 7.80. The molecule has 1 aromatic rings. The van der Waals surface area contributed by atoms with E-state index in [1.807, 2.05) is 6.08 Å². The van der Waals surface area contributed by atoms with Gasteiger partial charge in [0.15, 0.2) is 0 Å². The normalized spacial score (nSPS) is 11.1. The zero-order chi connectivity index (χ0) is 16.8. The molecule has 0 aliphatic carbocycles. The van der Waals surface area contributed by atoms with Crippen LogP contribution in [0.2, 0.25) is 0 Å². The lowest BCUT2D eigenvalue weighted by Crippen LogP contribution is -2.17. The van der Waals surface area contributed by atoms with Crippen molar-refractivity contribution in [3.63, 3.8) is 0 Å². The second-order valence-corrected chi connectivity index (χ2v) is 7.11. The van der Waals surface area contributed by atoms with Gasteiger partial charge in [0.25, 0.3) is 0 Å². The minimum atomic E-state index is 0. The molecule has 0 saturated heterocycles. The van der Waals surface area contributed by atoms with Crippen molar-refractivity contribution in [2.75, 3.05) is 13.6 Å². The van der Waals surface area contributed by atoms with Gasteiger partial charge < -0.3 is 0 Å². The third kappa shape index (κ3) is 9.29. The second kappa shape index (κ2) is 9.60. The third-order valence-electron chi connectivity index (χ3n) is 3.15. The monoisotopic (exact) mass is 331 g/mol. The van der Waals surface area contributed by atoms with Gasteiger partial charge in [0, 0.05) is 18.5 Å². The molecule has 0 amide bonds. The summed E-state index contributed by atoms with van der Waals surface area (Å²) >= 11 is 0. The Bertz CT molecular complexity index is 609. The van der Waals surface area contributed by atoms with Crippen LogP contribution in [0, 0.1) is 24.2 Å². The average Bonchev–Trinajstić information content (AvgIpc) is 2.36. The maximum Gasteiger partial charge on any atom is 0.0234 e. The van der Waals surface area contributed by atoms with Crippen LogP contribution in [0.25, 0.3) is 5.57 Å². The van der Waals surface area contributed by atoms with Crippen LogP contribution in [0.5, 0.6) is 0 Å². The summed E-state index contributed by atoms with van der Waals surface area (Å²) in [7, 11) is 2.13. The van der Waals surface area contributed by atoms with Gasteiger partial charge in [-0.3, -0.25) is 4.90 Å². The Morgan fingerprint density at radius 1 is 1.26 bits per heavy atom. The lowest BCUT2D eigenvalue weighted by molar-refractivity contribution is 0.363. The van der Waals surface area contributed by atoms with E-state index in [1.54, 1.807) is 0 Å². The first-order chi connectivity index (χ1) is 10.2. The minimum absolute atomic E-state index is 0. The molecule has 0 aromatic heterocycles. The summed E-state index contributed by atoms with van der Waals surface area (Å²) in [4.78, 5) is 2.28. The Morgan fingerprint density at radius 2 is 1.91 bits per heavy atom. The van der Waals surface area contributed by atoms with Crippen LogP contribution in [0.1, 0.15) is 44.4 Å². The molecule has 0 saturated carbocycles. The molecule has 0 unspecified atom stereocenters. The van der Waals surface area contributed by atoms with E-state index in [4.69, 9.17) is 0 Å². The van der Waals surface area contributed by atoms with Crippen molar-refractivity contribution < 1.29 is 0 Å². The third-order valence-corrected chi connectivity index (χ3v) is 3.15. The molecule has 0 aliphatic heterocycles. The number of allylic oxidation sites excluding steroid dienone is 2. The smallest absolute Gasteiger partial charge is 0.0234 e. The zero-order valence-electron chi connectivity index (χ0n) is 15.4. The van der Waals surface area contributed by atoms with Crippen molar-refractivity contribution in [3.8, 4) is 11.8 Å². The Hall–Kier alpha value is -1.49. The van der Waals surface area contributed by atoms with Gasteiger partial charge in [-0.05, 0) is 58.9 Å². The Labute approximate surface area is 148 Å². The molecule has 0 atom stereocenters. The largest absolute Gasteiger partial charge is 0.298 e. The number of halogens is 1. The molecule has 0 heterocycles. The van der Waals surface area contributed by atoms with E-state index in [-0.39, 0.29) is 17.8 Å². The molecular formula is C21H30ClN. The summed E-state index contributed by atoms with van der Waals surface area (Å²) in [5, 5.41) is 0. The lowest BCUT2D eigenvalue weighted by Gasteiger charge is -2.16. The molecular weight excluding hydrogens is 302 g/mol. The molecule has 0 aliphatic rings. The van der Waals surface area contributed by atoms with Gasteiger partial charge in [-0.1, -0.05) is 53.8 Å². The predicted molar refractivity (Wildman–Crippen MR) is 106 cm³/mol. The molecule has 0 spiro atoms. The van der Waals surface area contributed by atoms with Crippen LogP contribution in [0.3, 0.4) is 0 Å². The SMILES string of the molecule is C=C(C)c1cc(C)cc(CN(C)CC=CC#CC(C)(C)C)c1.Cl. The average molecular weight is 332 g/mol. The summed E-state index contributed by atoms with van der Waals surface area (Å²) in [6.07, 6.45) is 4.07. The van der Waals surface area contributed by atoms with E-state index < -0.39 is 0 Å². The maximum atomic E-state index is 4.04. The predicted octanol–water partition coefficient (Wildman–Crippen LogP) is 5.49. The van der Waals surface area contributed by atoms with Gasteiger partial charge in [0.05, 0.1) is 0 Å². The number of aryl methyl sites for hydroxylation is 1. The lowest BCUT2D eigenvalue weighted by atomic mass is 9.98. The summed E-state index contributed by atoms with van der Waals surface area (Å²) in [6, 6.07) is 6.66. The molecule has 0 radical (unpaired) electrons. The fourth-order valence-corrected chi connectivity index (χ4v) is 2.13. The summed E-state index contributed by atoms with van der Waals surface area (Å²) in [6.45, 7) is 16.4. The first kappa shape index (κ1) is 21.5. The summed E-state index contributed by atoms with van der Waals surface area (Å²) in [5.74, 6) is 6.32.